The van der Waals surface area contributed by atoms with Crippen molar-refractivity contribution in [3.8, 4) is 0 Å². The third-order valence-corrected chi connectivity index (χ3v) is 6.63. The van der Waals surface area contributed by atoms with E-state index in [1.165, 1.54) is 25.7 Å². The summed E-state index contributed by atoms with van der Waals surface area (Å²) in [5.74, 6) is 0.974. The Morgan fingerprint density at radius 1 is 1.08 bits per heavy atom. The van der Waals surface area contributed by atoms with Gasteiger partial charge in [-0.3, -0.25) is 9.69 Å². The largest absolute Gasteiger partial charge is 0.480 e. The maximum absolute atomic E-state index is 12.6. The zero-order valence-electron chi connectivity index (χ0n) is 15.5. The average Bonchev–Trinajstić information content (AvgIpc) is 3.07. The van der Waals surface area contributed by atoms with E-state index in [9.17, 15) is 9.59 Å². The lowest BCUT2D eigenvalue weighted by Gasteiger charge is -2.39. The first kappa shape index (κ1) is 18.5. The average molecular weight is 351 g/mol. The molecule has 3 fully saturated rings. The molecule has 3 rings (SSSR count). The van der Waals surface area contributed by atoms with Crippen LogP contribution >= 0.6 is 0 Å². The van der Waals surface area contributed by atoms with Gasteiger partial charge in [-0.2, -0.15) is 0 Å². The van der Waals surface area contributed by atoms with Crippen LogP contribution in [0.3, 0.4) is 0 Å². The van der Waals surface area contributed by atoms with E-state index in [2.05, 4.69) is 5.32 Å². The Morgan fingerprint density at radius 3 is 2.48 bits per heavy atom. The van der Waals surface area contributed by atoms with E-state index in [0.717, 1.165) is 57.2 Å². The highest BCUT2D eigenvalue weighted by molar-refractivity contribution is 5.74. The maximum Gasteiger partial charge on any atom is 0.317 e. The van der Waals surface area contributed by atoms with Gasteiger partial charge in [-0.1, -0.05) is 26.2 Å². The molecule has 2 aliphatic carbocycles. The van der Waals surface area contributed by atoms with Crippen LogP contribution in [0.4, 0.5) is 4.79 Å². The Morgan fingerprint density at radius 2 is 1.80 bits per heavy atom. The number of likely N-dealkylation sites (tertiary alicyclic amines) is 1. The summed E-state index contributed by atoms with van der Waals surface area (Å²) >= 11 is 0. The van der Waals surface area contributed by atoms with Gasteiger partial charge in [-0.25, -0.2) is 4.79 Å². The van der Waals surface area contributed by atoms with Crippen LogP contribution in [0.2, 0.25) is 0 Å². The second-order valence-corrected chi connectivity index (χ2v) is 8.09. The molecule has 0 aromatic rings. The van der Waals surface area contributed by atoms with Gasteiger partial charge in [0, 0.05) is 25.2 Å². The lowest BCUT2D eigenvalue weighted by molar-refractivity contribution is -0.139. The molecule has 0 spiro atoms. The van der Waals surface area contributed by atoms with E-state index in [4.69, 9.17) is 5.11 Å². The molecule has 3 unspecified atom stereocenters. The SMILES string of the molecule is CCN(CC(=O)O)C1CCN(C(=O)NC2CCC3CCCC3C2)CC1. The summed E-state index contributed by atoms with van der Waals surface area (Å²) in [4.78, 5) is 27.5. The molecule has 6 nitrogen and oxygen atoms in total. The van der Waals surface area contributed by atoms with Gasteiger partial charge in [-0.15, -0.1) is 0 Å². The summed E-state index contributed by atoms with van der Waals surface area (Å²) < 4.78 is 0. The van der Waals surface area contributed by atoms with Gasteiger partial charge in [-0.05, 0) is 50.5 Å². The molecule has 1 aliphatic heterocycles. The first-order valence-electron chi connectivity index (χ1n) is 10.1. The number of nitrogens with one attached hydrogen (secondary N) is 1. The molecule has 0 bridgehead atoms. The first-order valence-corrected chi connectivity index (χ1v) is 10.1. The van der Waals surface area contributed by atoms with E-state index in [-0.39, 0.29) is 18.6 Å². The fraction of sp³-hybridized carbons (Fsp3) is 0.895. The fourth-order valence-electron chi connectivity index (χ4n) is 5.21. The Labute approximate surface area is 150 Å². The normalized spacial score (nSPS) is 30.3. The van der Waals surface area contributed by atoms with Crippen molar-refractivity contribution in [3.63, 3.8) is 0 Å². The number of rotatable bonds is 5. The predicted octanol–water partition coefficient (Wildman–Crippen LogP) is 2.54. The van der Waals surface area contributed by atoms with Crippen LogP contribution < -0.4 is 5.32 Å². The molecule has 1 heterocycles. The molecule has 0 aromatic carbocycles. The van der Waals surface area contributed by atoms with Crippen LogP contribution in [0.15, 0.2) is 0 Å². The van der Waals surface area contributed by atoms with Crippen LogP contribution in [0.5, 0.6) is 0 Å². The zero-order valence-corrected chi connectivity index (χ0v) is 15.5. The van der Waals surface area contributed by atoms with E-state index in [0.29, 0.717) is 6.04 Å². The molecular formula is C19H33N3O3. The van der Waals surface area contributed by atoms with E-state index < -0.39 is 5.97 Å². The van der Waals surface area contributed by atoms with Crippen molar-refractivity contribution in [2.45, 2.75) is 70.4 Å². The number of carboxylic acids is 1. The number of likely N-dealkylation sites (N-methyl/N-ethyl adjacent to an activating group) is 1. The van der Waals surface area contributed by atoms with Gasteiger partial charge in [0.25, 0.3) is 0 Å². The van der Waals surface area contributed by atoms with Crippen molar-refractivity contribution in [1.29, 1.82) is 0 Å². The highest BCUT2D eigenvalue weighted by Crippen LogP contribution is 2.42. The van der Waals surface area contributed by atoms with Gasteiger partial charge < -0.3 is 15.3 Å². The summed E-state index contributed by atoms with van der Waals surface area (Å²) in [5.41, 5.74) is 0. The quantitative estimate of drug-likeness (QED) is 0.798. The highest BCUT2D eigenvalue weighted by Gasteiger charge is 2.35. The topological polar surface area (TPSA) is 72.9 Å². The van der Waals surface area contributed by atoms with Crippen LogP contribution in [-0.2, 0) is 4.79 Å². The number of piperidine rings is 1. The van der Waals surface area contributed by atoms with E-state index in [1.54, 1.807) is 0 Å². The van der Waals surface area contributed by atoms with Crippen molar-refractivity contribution < 1.29 is 14.7 Å². The third-order valence-electron chi connectivity index (χ3n) is 6.63. The smallest absolute Gasteiger partial charge is 0.317 e. The van der Waals surface area contributed by atoms with Crippen LogP contribution in [0.25, 0.3) is 0 Å². The van der Waals surface area contributed by atoms with Crippen molar-refractivity contribution >= 4 is 12.0 Å². The summed E-state index contributed by atoms with van der Waals surface area (Å²) in [5, 5.41) is 12.3. The molecule has 25 heavy (non-hydrogen) atoms. The number of hydrogen-bond donors (Lipinski definition) is 2. The Hall–Kier alpha value is -1.30. The van der Waals surface area contributed by atoms with Crippen molar-refractivity contribution in [1.82, 2.24) is 15.1 Å². The van der Waals surface area contributed by atoms with Crippen molar-refractivity contribution in [2.24, 2.45) is 11.8 Å². The molecular weight excluding hydrogens is 318 g/mol. The van der Waals surface area contributed by atoms with Crippen LogP contribution in [0.1, 0.15) is 58.3 Å². The first-order chi connectivity index (χ1) is 12.1. The van der Waals surface area contributed by atoms with Crippen LogP contribution in [-0.4, -0.2) is 65.2 Å². The summed E-state index contributed by atoms with van der Waals surface area (Å²) in [6.07, 6.45) is 9.41. The van der Waals surface area contributed by atoms with E-state index >= 15 is 0 Å². The standard InChI is InChI=1S/C19H33N3O3/c1-2-21(13-18(23)24)17-8-10-22(11-9-17)19(25)20-16-7-6-14-4-3-5-15(14)12-16/h14-17H,2-13H2,1H3,(H,20,25)(H,23,24). The molecule has 2 N–H and O–H groups in total. The second-order valence-electron chi connectivity index (χ2n) is 8.09. The molecule has 3 atom stereocenters. The predicted molar refractivity (Wildman–Crippen MR) is 96.5 cm³/mol. The van der Waals surface area contributed by atoms with Crippen LogP contribution in [0, 0.1) is 11.8 Å². The molecule has 6 heteroatoms. The number of urea groups is 1. The summed E-state index contributed by atoms with van der Waals surface area (Å²) in [6, 6.07) is 0.712. The number of carboxylic acid groups (broad SMARTS) is 1. The number of fused-ring (bicyclic) bond motifs is 1. The minimum absolute atomic E-state index is 0.0844. The van der Waals surface area contributed by atoms with Gasteiger partial charge in [0.05, 0.1) is 6.54 Å². The minimum Gasteiger partial charge on any atom is -0.480 e. The fourth-order valence-corrected chi connectivity index (χ4v) is 5.21. The number of hydrogen-bond acceptors (Lipinski definition) is 3. The monoisotopic (exact) mass is 351 g/mol. The number of carbonyl (C=O) groups is 2. The van der Waals surface area contributed by atoms with Crippen molar-refractivity contribution in [2.75, 3.05) is 26.2 Å². The molecule has 142 valence electrons. The molecule has 3 aliphatic rings. The summed E-state index contributed by atoms with van der Waals surface area (Å²) in [7, 11) is 0. The maximum atomic E-state index is 12.6. The number of aliphatic carboxylic acids is 1. The van der Waals surface area contributed by atoms with Crippen molar-refractivity contribution in [3.05, 3.63) is 0 Å². The lowest BCUT2D eigenvalue weighted by atomic mass is 9.79. The molecule has 2 saturated carbocycles. The Balaban J connectivity index is 1.43. The molecule has 2 amide bonds. The van der Waals surface area contributed by atoms with Gasteiger partial charge in [0.2, 0.25) is 0 Å². The van der Waals surface area contributed by atoms with Gasteiger partial charge >= 0.3 is 12.0 Å². The summed E-state index contributed by atoms with van der Waals surface area (Å²) in [6.45, 7) is 4.30. The Bertz CT molecular complexity index is 477. The third kappa shape index (κ3) is 4.66. The number of carbonyl (C=O) groups excluding carboxylic acids is 1. The molecule has 0 aromatic heterocycles. The minimum atomic E-state index is -0.774. The number of amides is 2. The molecule has 1 saturated heterocycles. The van der Waals surface area contributed by atoms with Gasteiger partial charge in [0.1, 0.15) is 0 Å². The lowest BCUT2D eigenvalue weighted by Crippen LogP contribution is -2.52. The Kier molecular flexibility index (Phi) is 6.20. The number of nitrogens with zero attached hydrogens (tertiary/aromatic N) is 2. The van der Waals surface area contributed by atoms with E-state index in [1.807, 2.05) is 16.7 Å². The van der Waals surface area contributed by atoms with Gasteiger partial charge in [0.15, 0.2) is 0 Å². The second kappa shape index (κ2) is 8.39. The molecule has 0 radical (unpaired) electrons. The zero-order chi connectivity index (χ0) is 17.8. The highest BCUT2D eigenvalue weighted by atomic mass is 16.4.